The van der Waals surface area contributed by atoms with Crippen molar-refractivity contribution in [1.82, 2.24) is 0 Å². The Hall–Kier alpha value is 0.312. The van der Waals surface area contributed by atoms with Crippen molar-refractivity contribution >= 4 is 33.3 Å². The zero-order valence-corrected chi connectivity index (χ0v) is 11.9. The fourth-order valence-corrected chi connectivity index (χ4v) is 0.175. The summed E-state index contributed by atoms with van der Waals surface area (Å²) in [5, 5.41) is 0. The fraction of sp³-hybridized carbons (Fsp3) is 0.800. The Morgan fingerprint density at radius 2 is 2.00 bits per heavy atom. The summed E-state index contributed by atoms with van der Waals surface area (Å²) in [5.41, 5.74) is 0. The number of hydrogen-bond donors (Lipinski definition) is 0. The van der Waals surface area contributed by atoms with Gasteiger partial charge in [-0.05, 0) is 6.92 Å². The number of carbonyl (C=O) groups is 1. The van der Waals surface area contributed by atoms with E-state index in [1.165, 1.54) is 14.0 Å². The molecule has 0 aromatic carbocycles. The molecular weight excluding hydrogens is 331 g/mol. The molecule has 0 saturated heterocycles. The van der Waals surface area contributed by atoms with Gasteiger partial charge in [-0.3, -0.25) is 4.89 Å². The van der Waals surface area contributed by atoms with Crippen LogP contribution in [0.4, 0.5) is 0 Å². The third-order valence-corrected chi connectivity index (χ3v) is 0.633. The van der Waals surface area contributed by atoms with E-state index in [4.69, 9.17) is 0 Å². The molecule has 0 rings (SSSR count). The van der Waals surface area contributed by atoms with Gasteiger partial charge in [0.15, 0.2) is 6.29 Å². The summed E-state index contributed by atoms with van der Waals surface area (Å²) in [4.78, 5) is 18.6. The minimum atomic E-state index is -0.506. The molecule has 0 aliphatic heterocycles. The second kappa shape index (κ2) is 7.42. The molecule has 60 valence electrons. The molecule has 4 nitrogen and oxygen atoms in total. The van der Waals surface area contributed by atoms with E-state index in [1.54, 1.807) is 6.92 Å². The molecule has 5 heteroatoms. The first-order valence-corrected chi connectivity index (χ1v) is 2.53. The van der Waals surface area contributed by atoms with Crippen LogP contribution < -0.4 is 0 Å². The molecule has 10 heavy (non-hydrogen) atoms. The predicted molar refractivity (Wildman–Crippen MR) is 37.9 cm³/mol. The van der Waals surface area contributed by atoms with Crippen LogP contribution in [-0.4, -0.2) is 46.7 Å². The van der Waals surface area contributed by atoms with Gasteiger partial charge in [0, 0.05) is 14.0 Å². The van der Waals surface area contributed by atoms with Crippen molar-refractivity contribution in [2.24, 2.45) is 0 Å². The predicted octanol–water partition coefficient (Wildman–Crippen LogP) is -0.443. The van der Waals surface area contributed by atoms with E-state index in [2.05, 4.69) is 14.5 Å². The van der Waals surface area contributed by atoms with E-state index in [-0.39, 0.29) is 27.3 Å². The van der Waals surface area contributed by atoms with E-state index in [9.17, 15) is 4.79 Å². The van der Waals surface area contributed by atoms with Crippen molar-refractivity contribution in [2.45, 2.75) is 20.1 Å². The van der Waals surface area contributed by atoms with Gasteiger partial charge >= 0.3 is 33.3 Å². The molecule has 0 bridgehead atoms. The Morgan fingerprint density at radius 1 is 1.50 bits per heavy atom. The molecule has 0 aromatic heterocycles. The molecule has 0 aromatic rings. The first kappa shape index (κ1) is 12.9. The zero-order chi connectivity index (χ0) is 7.28. The van der Waals surface area contributed by atoms with Gasteiger partial charge in [-0.15, -0.1) is 0 Å². The molecule has 2 radical (unpaired) electrons. The number of ether oxygens (including phenoxy) is 1. The average molecular weight is 343 g/mol. The van der Waals surface area contributed by atoms with Crippen LogP contribution >= 0.6 is 0 Å². The summed E-state index contributed by atoms with van der Waals surface area (Å²) >= 11 is 0. The van der Waals surface area contributed by atoms with Crippen LogP contribution in [0.5, 0.6) is 0 Å². The van der Waals surface area contributed by atoms with Crippen molar-refractivity contribution in [3.8, 4) is 0 Å². The Labute approximate surface area is 79.9 Å². The summed E-state index contributed by atoms with van der Waals surface area (Å²) in [6.45, 7) is 2.87. The number of methoxy groups -OCH3 is 1. The van der Waals surface area contributed by atoms with Crippen LogP contribution in [0.25, 0.3) is 0 Å². The van der Waals surface area contributed by atoms with Gasteiger partial charge in [-0.2, -0.15) is 4.89 Å². The molecule has 0 heterocycles. The van der Waals surface area contributed by atoms with Crippen LogP contribution in [-0.2, 0) is 19.3 Å². The van der Waals surface area contributed by atoms with Gasteiger partial charge in [-0.1, -0.05) is 0 Å². The van der Waals surface area contributed by atoms with Gasteiger partial charge in [0.25, 0.3) is 0 Å². The molecule has 0 aliphatic rings. The number of carbonyl (C=O) groups excluding carboxylic acids is 1. The third kappa shape index (κ3) is 8.31. The molecular formula is C5H12O4Pb. The third-order valence-electron chi connectivity index (χ3n) is 0.633. The molecule has 0 spiro atoms. The van der Waals surface area contributed by atoms with Gasteiger partial charge in [-0.25, -0.2) is 4.79 Å². The molecule has 0 aliphatic carbocycles. The zero-order valence-electron chi connectivity index (χ0n) is 6.42. The number of hydrogen-bond acceptors (Lipinski definition) is 4. The quantitative estimate of drug-likeness (QED) is 0.302. The summed E-state index contributed by atoms with van der Waals surface area (Å²) in [6, 6.07) is 0. The summed E-state index contributed by atoms with van der Waals surface area (Å²) < 4.78 is 4.60. The van der Waals surface area contributed by atoms with Gasteiger partial charge in [0.1, 0.15) is 0 Å². The molecule has 1 atom stereocenters. The molecule has 0 saturated carbocycles. The molecule has 0 N–H and O–H groups in total. The van der Waals surface area contributed by atoms with E-state index in [0.717, 1.165) is 0 Å². The van der Waals surface area contributed by atoms with Crippen molar-refractivity contribution < 1.29 is 19.3 Å². The Bertz CT molecular complexity index is 95.6. The average Bonchev–Trinajstić information content (AvgIpc) is 1.83. The van der Waals surface area contributed by atoms with Crippen LogP contribution in [0.1, 0.15) is 13.8 Å². The Morgan fingerprint density at radius 3 is 2.30 bits per heavy atom. The fourth-order valence-electron chi connectivity index (χ4n) is 0.175. The van der Waals surface area contributed by atoms with Crippen molar-refractivity contribution in [3.05, 3.63) is 0 Å². The van der Waals surface area contributed by atoms with Crippen LogP contribution in [0, 0.1) is 0 Å². The topological polar surface area (TPSA) is 44.8 Å². The second-order valence-corrected chi connectivity index (χ2v) is 1.47. The SMILES string of the molecule is COC(C)OOC(C)=O.[PbH2]. The maximum absolute atomic E-state index is 10.1. The monoisotopic (exact) mass is 344 g/mol. The molecule has 1 unspecified atom stereocenters. The first-order valence-electron chi connectivity index (χ1n) is 2.53. The summed E-state index contributed by atoms with van der Waals surface area (Å²) in [7, 11) is 1.45. The van der Waals surface area contributed by atoms with Gasteiger partial charge in [0.05, 0.1) is 0 Å². The summed E-state index contributed by atoms with van der Waals surface area (Å²) in [6.07, 6.45) is -0.506. The van der Waals surface area contributed by atoms with Crippen LogP contribution in [0.3, 0.4) is 0 Å². The van der Waals surface area contributed by atoms with Crippen molar-refractivity contribution in [2.75, 3.05) is 7.11 Å². The number of rotatable bonds is 3. The van der Waals surface area contributed by atoms with Crippen LogP contribution in [0.15, 0.2) is 0 Å². The van der Waals surface area contributed by atoms with E-state index < -0.39 is 12.3 Å². The van der Waals surface area contributed by atoms with E-state index in [1.807, 2.05) is 0 Å². The molecule has 0 amide bonds. The maximum atomic E-state index is 10.1. The first-order chi connectivity index (χ1) is 4.16. The second-order valence-electron chi connectivity index (χ2n) is 1.47. The standard InChI is InChI=1S/C5H10O4.Pb.2H/c1-4(6)8-9-5(2)7-3;;;/h5H,1-3H3;;;. The van der Waals surface area contributed by atoms with Crippen LogP contribution in [0.2, 0.25) is 0 Å². The Balaban J connectivity index is 0. The minimum absolute atomic E-state index is 0. The van der Waals surface area contributed by atoms with E-state index >= 15 is 0 Å². The van der Waals surface area contributed by atoms with Gasteiger partial charge < -0.3 is 4.74 Å². The van der Waals surface area contributed by atoms with Crippen molar-refractivity contribution in [3.63, 3.8) is 0 Å². The normalized spacial score (nSPS) is 11.5. The summed E-state index contributed by atoms with van der Waals surface area (Å²) in [5.74, 6) is -0.487. The van der Waals surface area contributed by atoms with Crippen molar-refractivity contribution in [1.29, 1.82) is 0 Å². The van der Waals surface area contributed by atoms with E-state index in [0.29, 0.717) is 0 Å². The molecule has 0 fully saturated rings. The Kier molecular flexibility index (Phi) is 9.60. The van der Waals surface area contributed by atoms with Gasteiger partial charge in [0.2, 0.25) is 0 Å².